The van der Waals surface area contributed by atoms with E-state index in [1.54, 1.807) is 12.0 Å². The van der Waals surface area contributed by atoms with Gasteiger partial charge in [-0.15, -0.1) is 0 Å². The molecule has 0 saturated carbocycles. The Morgan fingerprint density at radius 1 is 1.15 bits per heavy atom. The van der Waals surface area contributed by atoms with Gasteiger partial charge >= 0.3 is 0 Å². The number of anilines is 1. The fraction of sp³-hybridized carbons (Fsp3) is 0.286. The summed E-state index contributed by atoms with van der Waals surface area (Å²) in [6.45, 7) is 5.20. The van der Waals surface area contributed by atoms with Crippen LogP contribution < -0.4 is 15.0 Å². The van der Waals surface area contributed by atoms with Crippen LogP contribution in [0, 0.1) is 0 Å². The van der Waals surface area contributed by atoms with Crippen molar-refractivity contribution in [1.29, 1.82) is 0 Å². The van der Waals surface area contributed by atoms with Crippen LogP contribution in [0.1, 0.15) is 5.56 Å². The van der Waals surface area contributed by atoms with Gasteiger partial charge in [0.2, 0.25) is 0 Å². The van der Waals surface area contributed by atoms with E-state index in [-0.39, 0.29) is 0 Å². The highest BCUT2D eigenvalue weighted by Crippen LogP contribution is 2.17. The van der Waals surface area contributed by atoms with Gasteiger partial charge in [-0.25, -0.2) is 0 Å². The Balaban J connectivity index is 1.44. The Kier molecular flexibility index (Phi) is 6.63. The number of quaternary nitrogens is 1. The Bertz CT molecular complexity index is 740. The van der Waals surface area contributed by atoms with Crippen molar-refractivity contribution in [3.63, 3.8) is 0 Å². The van der Waals surface area contributed by atoms with E-state index in [1.807, 2.05) is 30.3 Å². The van der Waals surface area contributed by atoms with Crippen molar-refractivity contribution in [1.82, 2.24) is 4.90 Å². The number of piperazine rings is 1. The quantitative estimate of drug-likeness (QED) is 0.793. The Morgan fingerprint density at radius 3 is 2.65 bits per heavy atom. The molecule has 136 valence electrons. The fourth-order valence-corrected chi connectivity index (χ4v) is 3.36. The summed E-state index contributed by atoms with van der Waals surface area (Å²) in [5.74, 6) is 0.831. The number of thiocarbonyl (C=S) groups is 1. The van der Waals surface area contributed by atoms with Gasteiger partial charge in [0.05, 0.1) is 39.8 Å². The van der Waals surface area contributed by atoms with Crippen LogP contribution in [-0.2, 0) is 0 Å². The molecule has 0 radical (unpaired) electrons. The van der Waals surface area contributed by atoms with Crippen molar-refractivity contribution in [2.24, 2.45) is 0 Å². The summed E-state index contributed by atoms with van der Waals surface area (Å²) in [6, 6.07) is 18.3. The van der Waals surface area contributed by atoms with E-state index in [2.05, 4.69) is 46.6 Å². The smallest absolute Gasteiger partial charge is 0.173 e. The van der Waals surface area contributed by atoms with E-state index in [1.165, 1.54) is 5.56 Å². The molecule has 1 fully saturated rings. The molecular weight excluding hydrogens is 342 g/mol. The van der Waals surface area contributed by atoms with Gasteiger partial charge in [0.1, 0.15) is 5.75 Å². The molecule has 0 aliphatic carbocycles. The minimum atomic E-state index is 0.789. The van der Waals surface area contributed by atoms with Crippen molar-refractivity contribution >= 4 is 29.1 Å². The van der Waals surface area contributed by atoms with Crippen molar-refractivity contribution in [3.8, 4) is 5.75 Å². The normalized spacial score (nSPS) is 15.2. The first-order valence-electron chi connectivity index (χ1n) is 9.00. The molecule has 1 aliphatic heterocycles. The lowest BCUT2D eigenvalue weighted by Crippen LogP contribution is -3.14. The summed E-state index contributed by atoms with van der Waals surface area (Å²) in [5.41, 5.74) is 2.23. The van der Waals surface area contributed by atoms with Gasteiger partial charge in [-0.3, -0.25) is 0 Å². The predicted octanol–water partition coefficient (Wildman–Crippen LogP) is 2.31. The third kappa shape index (κ3) is 5.31. The minimum absolute atomic E-state index is 0.789. The minimum Gasteiger partial charge on any atom is -0.497 e. The van der Waals surface area contributed by atoms with E-state index in [0.29, 0.717) is 0 Å². The Labute approximate surface area is 161 Å². The lowest BCUT2D eigenvalue weighted by molar-refractivity contribution is -0.897. The molecular formula is C21H26N3OS+. The zero-order valence-electron chi connectivity index (χ0n) is 15.2. The number of nitrogens with one attached hydrogen (secondary N) is 2. The van der Waals surface area contributed by atoms with Gasteiger partial charge in [0.15, 0.2) is 5.11 Å². The molecule has 0 bridgehead atoms. The molecule has 4 nitrogen and oxygen atoms in total. The van der Waals surface area contributed by atoms with Crippen LogP contribution in [0.4, 0.5) is 5.69 Å². The first-order chi connectivity index (χ1) is 12.7. The van der Waals surface area contributed by atoms with E-state index >= 15 is 0 Å². The van der Waals surface area contributed by atoms with Crippen molar-refractivity contribution < 1.29 is 9.64 Å². The summed E-state index contributed by atoms with van der Waals surface area (Å²) in [4.78, 5) is 3.84. The SMILES string of the molecule is COc1cccc(NC(=S)N2CC[NH+](C/C=C/c3ccccc3)CC2)c1. The second-order valence-electron chi connectivity index (χ2n) is 6.42. The van der Waals surface area contributed by atoms with Crippen molar-refractivity contribution in [2.45, 2.75) is 0 Å². The molecule has 2 aromatic carbocycles. The standard InChI is InChI=1S/C21H25N3OS/c1-25-20-11-5-10-19(17-20)22-21(26)24-15-13-23(14-16-24)12-6-9-18-7-3-2-4-8-18/h2-11,17H,12-16H2,1H3,(H,22,26)/p+1/b9-6+. The van der Waals surface area contributed by atoms with E-state index in [0.717, 1.165) is 49.3 Å². The van der Waals surface area contributed by atoms with Gasteiger partial charge in [-0.1, -0.05) is 42.5 Å². The molecule has 26 heavy (non-hydrogen) atoms. The van der Waals surface area contributed by atoms with Gasteiger partial charge in [-0.05, 0) is 36.0 Å². The highest BCUT2D eigenvalue weighted by molar-refractivity contribution is 7.80. The summed E-state index contributed by atoms with van der Waals surface area (Å²) in [6.07, 6.45) is 4.47. The number of hydrogen-bond donors (Lipinski definition) is 2. The third-order valence-electron chi connectivity index (χ3n) is 4.60. The highest BCUT2D eigenvalue weighted by Gasteiger charge is 2.20. The molecule has 0 aromatic heterocycles. The molecule has 3 rings (SSSR count). The molecule has 0 spiro atoms. The number of methoxy groups -OCH3 is 1. The van der Waals surface area contributed by atoms with E-state index < -0.39 is 0 Å². The predicted molar refractivity (Wildman–Crippen MR) is 112 cm³/mol. The van der Waals surface area contributed by atoms with Crippen LogP contribution in [0.3, 0.4) is 0 Å². The summed E-state index contributed by atoms with van der Waals surface area (Å²) >= 11 is 5.58. The van der Waals surface area contributed by atoms with Crippen LogP contribution >= 0.6 is 12.2 Å². The summed E-state index contributed by atoms with van der Waals surface area (Å²) < 4.78 is 5.26. The molecule has 0 unspecified atom stereocenters. The number of benzene rings is 2. The maximum Gasteiger partial charge on any atom is 0.173 e. The largest absolute Gasteiger partial charge is 0.497 e. The molecule has 0 amide bonds. The van der Waals surface area contributed by atoms with Gasteiger partial charge in [0.25, 0.3) is 0 Å². The zero-order chi connectivity index (χ0) is 18.2. The summed E-state index contributed by atoms with van der Waals surface area (Å²) in [5, 5.41) is 4.11. The third-order valence-corrected chi connectivity index (χ3v) is 4.96. The van der Waals surface area contributed by atoms with Crippen LogP contribution in [0.25, 0.3) is 6.08 Å². The van der Waals surface area contributed by atoms with Crippen LogP contribution in [-0.4, -0.2) is 49.8 Å². The second-order valence-corrected chi connectivity index (χ2v) is 6.80. The Hall–Kier alpha value is -2.37. The van der Waals surface area contributed by atoms with Crippen LogP contribution in [0.15, 0.2) is 60.7 Å². The monoisotopic (exact) mass is 368 g/mol. The summed E-state index contributed by atoms with van der Waals surface area (Å²) in [7, 11) is 1.67. The van der Waals surface area contributed by atoms with Crippen LogP contribution in [0.2, 0.25) is 0 Å². The lowest BCUT2D eigenvalue weighted by atomic mass is 10.2. The van der Waals surface area contributed by atoms with Crippen molar-refractivity contribution in [3.05, 3.63) is 66.2 Å². The molecule has 1 aliphatic rings. The van der Waals surface area contributed by atoms with E-state index in [9.17, 15) is 0 Å². The average Bonchev–Trinajstić information content (AvgIpc) is 2.69. The number of ether oxygens (including phenoxy) is 1. The van der Waals surface area contributed by atoms with Gasteiger partial charge in [-0.2, -0.15) is 0 Å². The van der Waals surface area contributed by atoms with Crippen molar-refractivity contribution in [2.75, 3.05) is 45.2 Å². The first-order valence-corrected chi connectivity index (χ1v) is 9.40. The molecule has 2 N–H and O–H groups in total. The van der Waals surface area contributed by atoms with Gasteiger partial charge in [0, 0.05) is 11.8 Å². The van der Waals surface area contributed by atoms with Gasteiger partial charge < -0.3 is 19.9 Å². The molecule has 5 heteroatoms. The maximum atomic E-state index is 5.58. The van der Waals surface area contributed by atoms with Crippen LogP contribution in [0.5, 0.6) is 5.75 Å². The fourth-order valence-electron chi connectivity index (χ4n) is 3.06. The Morgan fingerprint density at radius 2 is 1.92 bits per heavy atom. The topological polar surface area (TPSA) is 28.9 Å². The molecule has 1 heterocycles. The zero-order valence-corrected chi connectivity index (χ0v) is 16.0. The second kappa shape index (κ2) is 9.36. The number of nitrogens with zero attached hydrogens (tertiary/aromatic N) is 1. The lowest BCUT2D eigenvalue weighted by Gasteiger charge is -2.33. The molecule has 2 aromatic rings. The van der Waals surface area contributed by atoms with E-state index in [4.69, 9.17) is 17.0 Å². The maximum absolute atomic E-state index is 5.58. The highest BCUT2D eigenvalue weighted by atomic mass is 32.1. The number of rotatable bonds is 5. The average molecular weight is 369 g/mol. The number of hydrogen-bond acceptors (Lipinski definition) is 2. The molecule has 1 saturated heterocycles. The first kappa shape index (κ1) is 18.4. The molecule has 0 atom stereocenters.